The van der Waals surface area contributed by atoms with Gasteiger partial charge in [-0.2, -0.15) is 0 Å². The van der Waals surface area contributed by atoms with Crippen LogP contribution in [0.3, 0.4) is 0 Å². The summed E-state index contributed by atoms with van der Waals surface area (Å²) in [5.74, 6) is -0.0829. The molecule has 0 aromatic heterocycles. The highest BCUT2D eigenvalue weighted by molar-refractivity contribution is 5.69. The molecule has 1 heterocycles. The van der Waals surface area contributed by atoms with Crippen LogP contribution >= 0.6 is 0 Å². The first-order chi connectivity index (χ1) is 8.47. The zero-order valence-corrected chi connectivity index (χ0v) is 12.1. The molecular formula is C14H28N2O2. The van der Waals surface area contributed by atoms with Crippen LogP contribution in [0, 0.1) is 0 Å². The monoisotopic (exact) mass is 256 g/mol. The Labute approximate surface area is 111 Å². The van der Waals surface area contributed by atoms with Crippen molar-refractivity contribution < 1.29 is 9.53 Å². The first kappa shape index (κ1) is 15.4. The van der Waals surface area contributed by atoms with E-state index in [2.05, 4.69) is 10.4 Å². The quantitative estimate of drug-likeness (QED) is 0.585. The molecule has 1 aliphatic heterocycles. The van der Waals surface area contributed by atoms with Gasteiger partial charge in [-0.1, -0.05) is 6.42 Å². The molecule has 0 unspecified atom stereocenters. The minimum atomic E-state index is -0.358. The third kappa shape index (κ3) is 7.67. The van der Waals surface area contributed by atoms with Gasteiger partial charge in [-0.05, 0) is 46.5 Å². The lowest BCUT2D eigenvalue weighted by Crippen LogP contribution is -2.42. The number of esters is 1. The van der Waals surface area contributed by atoms with Crippen LogP contribution in [0.5, 0.6) is 0 Å². The van der Waals surface area contributed by atoms with Crippen molar-refractivity contribution in [1.29, 1.82) is 0 Å². The molecular weight excluding hydrogens is 228 g/mol. The average molecular weight is 256 g/mol. The van der Waals surface area contributed by atoms with Crippen LogP contribution in [0.1, 0.15) is 59.3 Å². The molecule has 4 heteroatoms. The topological polar surface area (TPSA) is 41.6 Å². The third-order valence-electron chi connectivity index (χ3n) is 2.92. The van der Waals surface area contributed by atoms with E-state index < -0.39 is 0 Å². The number of nitrogens with one attached hydrogen (secondary N) is 1. The molecule has 0 atom stereocenters. The van der Waals surface area contributed by atoms with Crippen LogP contribution in [-0.2, 0) is 9.53 Å². The van der Waals surface area contributed by atoms with E-state index in [0.29, 0.717) is 6.42 Å². The zero-order chi connectivity index (χ0) is 13.4. The predicted octanol–water partition coefficient (Wildman–Crippen LogP) is 2.49. The summed E-state index contributed by atoms with van der Waals surface area (Å²) in [5, 5.41) is 2.30. The Balaban J connectivity index is 1.96. The second-order valence-corrected chi connectivity index (χ2v) is 6.00. The van der Waals surface area contributed by atoms with Gasteiger partial charge in [0, 0.05) is 26.1 Å². The lowest BCUT2D eigenvalue weighted by atomic mass is 10.2. The van der Waals surface area contributed by atoms with Gasteiger partial charge in [0.1, 0.15) is 5.60 Å². The Morgan fingerprint density at radius 2 is 1.83 bits per heavy atom. The lowest BCUT2D eigenvalue weighted by Gasteiger charge is -2.27. The SMILES string of the molecule is CC(C)(C)OC(=O)CCCCNN1CCCCC1. The molecule has 1 N–H and O–H groups in total. The van der Waals surface area contributed by atoms with Crippen molar-refractivity contribution in [1.82, 2.24) is 10.4 Å². The number of carbonyl (C=O) groups excluding carboxylic acids is 1. The summed E-state index contributed by atoms with van der Waals surface area (Å²) in [7, 11) is 0. The summed E-state index contributed by atoms with van der Waals surface area (Å²) >= 11 is 0. The molecule has 0 amide bonds. The molecule has 1 rings (SSSR count). The minimum Gasteiger partial charge on any atom is -0.460 e. The number of ether oxygens (including phenoxy) is 1. The van der Waals surface area contributed by atoms with Crippen molar-refractivity contribution >= 4 is 5.97 Å². The second kappa shape index (κ2) is 7.74. The predicted molar refractivity (Wildman–Crippen MR) is 73.1 cm³/mol. The van der Waals surface area contributed by atoms with Gasteiger partial charge >= 0.3 is 5.97 Å². The summed E-state index contributed by atoms with van der Waals surface area (Å²) in [6.45, 7) is 9.00. The van der Waals surface area contributed by atoms with Crippen LogP contribution in [0.15, 0.2) is 0 Å². The molecule has 0 aromatic rings. The van der Waals surface area contributed by atoms with Crippen LogP contribution < -0.4 is 5.43 Å². The van der Waals surface area contributed by atoms with Crippen molar-refractivity contribution in [3.8, 4) is 0 Å². The zero-order valence-electron chi connectivity index (χ0n) is 12.1. The molecule has 0 aromatic carbocycles. The maximum Gasteiger partial charge on any atom is 0.306 e. The van der Waals surface area contributed by atoms with Crippen LogP contribution in [0.2, 0.25) is 0 Å². The molecule has 0 radical (unpaired) electrons. The van der Waals surface area contributed by atoms with Crippen molar-refractivity contribution in [3.05, 3.63) is 0 Å². The summed E-state index contributed by atoms with van der Waals surface area (Å²) in [6.07, 6.45) is 6.40. The highest BCUT2D eigenvalue weighted by atomic mass is 16.6. The summed E-state index contributed by atoms with van der Waals surface area (Å²) in [6, 6.07) is 0. The number of piperidine rings is 1. The minimum absolute atomic E-state index is 0.0829. The first-order valence-corrected chi connectivity index (χ1v) is 7.18. The molecule has 18 heavy (non-hydrogen) atoms. The maximum atomic E-state index is 11.5. The Bertz CT molecular complexity index is 243. The number of rotatable bonds is 6. The highest BCUT2D eigenvalue weighted by Gasteiger charge is 2.15. The molecule has 0 aliphatic carbocycles. The van der Waals surface area contributed by atoms with Crippen LogP contribution in [-0.4, -0.2) is 36.2 Å². The molecule has 1 saturated heterocycles. The van der Waals surface area contributed by atoms with Crippen LogP contribution in [0.25, 0.3) is 0 Å². The Hall–Kier alpha value is -0.610. The van der Waals surface area contributed by atoms with Gasteiger partial charge < -0.3 is 4.74 Å². The number of carbonyl (C=O) groups is 1. The summed E-state index contributed by atoms with van der Waals surface area (Å²) < 4.78 is 5.26. The van der Waals surface area contributed by atoms with E-state index in [1.54, 1.807) is 0 Å². The lowest BCUT2D eigenvalue weighted by molar-refractivity contribution is -0.154. The van der Waals surface area contributed by atoms with Gasteiger partial charge in [-0.25, -0.2) is 5.01 Å². The van der Waals surface area contributed by atoms with E-state index in [9.17, 15) is 4.79 Å². The fourth-order valence-corrected chi connectivity index (χ4v) is 2.08. The molecule has 4 nitrogen and oxygen atoms in total. The summed E-state index contributed by atoms with van der Waals surface area (Å²) in [4.78, 5) is 11.5. The van der Waals surface area contributed by atoms with Gasteiger partial charge in [0.05, 0.1) is 0 Å². The fraction of sp³-hybridized carbons (Fsp3) is 0.929. The van der Waals surface area contributed by atoms with Crippen molar-refractivity contribution in [3.63, 3.8) is 0 Å². The standard InChI is InChI=1S/C14H28N2O2/c1-14(2,3)18-13(17)9-5-6-10-15-16-11-7-4-8-12-16/h15H,4-12H2,1-3H3. The van der Waals surface area contributed by atoms with E-state index in [4.69, 9.17) is 4.74 Å². The largest absolute Gasteiger partial charge is 0.460 e. The fourth-order valence-electron chi connectivity index (χ4n) is 2.08. The van der Waals surface area contributed by atoms with E-state index in [1.165, 1.54) is 19.3 Å². The second-order valence-electron chi connectivity index (χ2n) is 6.00. The van der Waals surface area contributed by atoms with E-state index >= 15 is 0 Å². The smallest absolute Gasteiger partial charge is 0.306 e. The normalized spacial score (nSPS) is 17.7. The van der Waals surface area contributed by atoms with Gasteiger partial charge in [0.2, 0.25) is 0 Å². The van der Waals surface area contributed by atoms with Gasteiger partial charge in [0.25, 0.3) is 0 Å². The Morgan fingerprint density at radius 3 is 2.44 bits per heavy atom. The van der Waals surface area contributed by atoms with Crippen molar-refractivity contribution in [2.24, 2.45) is 0 Å². The van der Waals surface area contributed by atoms with Crippen molar-refractivity contribution in [2.45, 2.75) is 64.9 Å². The number of unbranched alkanes of at least 4 members (excludes halogenated alkanes) is 1. The van der Waals surface area contributed by atoms with E-state index in [1.807, 2.05) is 20.8 Å². The number of hydrogen-bond donors (Lipinski definition) is 1. The molecule has 1 fully saturated rings. The molecule has 0 saturated carbocycles. The average Bonchev–Trinajstić information content (AvgIpc) is 2.27. The Kier molecular flexibility index (Phi) is 6.65. The van der Waals surface area contributed by atoms with Crippen molar-refractivity contribution in [2.75, 3.05) is 19.6 Å². The number of nitrogens with zero attached hydrogens (tertiary/aromatic N) is 1. The number of hydrogen-bond acceptors (Lipinski definition) is 4. The van der Waals surface area contributed by atoms with Gasteiger partial charge in [0.15, 0.2) is 0 Å². The molecule has 0 spiro atoms. The van der Waals surface area contributed by atoms with Gasteiger partial charge in [-0.3, -0.25) is 10.2 Å². The molecule has 1 aliphatic rings. The molecule has 0 bridgehead atoms. The van der Waals surface area contributed by atoms with Crippen LogP contribution in [0.4, 0.5) is 0 Å². The molecule has 106 valence electrons. The maximum absolute atomic E-state index is 11.5. The van der Waals surface area contributed by atoms with Gasteiger partial charge in [-0.15, -0.1) is 0 Å². The third-order valence-corrected chi connectivity index (χ3v) is 2.92. The first-order valence-electron chi connectivity index (χ1n) is 7.18. The Morgan fingerprint density at radius 1 is 1.17 bits per heavy atom. The summed E-state index contributed by atoms with van der Waals surface area (Å²) in [5.41, 5.74) is 3.07. The van der Waals surface area contributed by atoms with E-state index in [-0.39, 0.29) is 11.6 Å². The van der Waals surface area contributed by atoms with E-state index in [0.717, 1.165) is 32.5 Å². The number of hydrazine groups is 1. The highest BCUT2D eigenvalue weighted by Crippen LogP contribution is 2.10.